The van der Waals surface area contributed by atoms with Crippen LogP contribution < -0.4 is 4.90 Å². The van der Waals surface area contributed by atoms with E-state index in [1.54, 1.807) is 28.0 Å². The molecule has 0 spiro atoms. The van der Waals surface area contributed by atoms with Gasteiger partial charge in [-0.05, 0) is 38.2 Å². The van der Waals surface area contributed by atoms with Crippen LogP contribution in [0.2, 0.25) is 0 Å². The lowest BCUT2D eigenvalue weighted by Gasteiger charge is -2.26. The van der Waals surface area contributed by atoms with Crippen LogP contribution in [0.25, 0.3) is 0 Å². The number of thiophene rings is 1. The van der Waals surface area contributed by atoms with Crippen molar-refractivity contribution in [1.82, 2.24) is 0 Å². The Balaban J connectivity index is 1.92. The Kier molecular flexibility index (Phi) is 4.54. The van der Waals surface area contributed by atoms with Gasteiger partial charge in [-0.3, -0.25) is 4.79 Å². The number of hydrogen-bond donors (Lipinski definition) is 1. The molecule has 1 aromatic heterocycles. The summed E-state index contributed by atoms with van der Waals surface area (Å²) >= 11 is 3.32. The third kappa shape index (κ3) is 3.05. The predicted molar refractivity (Wildman–Crippen MR) is 92.7 cm³/mol. The Bertz CT molecular complexity index is 648. The van der Waals surface area contributed by atoms with Gasteiger partial charge in [0.1, 0.15) is 10.6 Å². The molecule has 5 heteroatoms. The van der Waals surface area contributed by atoms with E-state index in [2.05, 4.69) is 18.8 Å². The molecule has 0 bridgehead atoms. The third-order valence-corrected chi connectivity index (χ3v) is 7.01. The van der Waals surface area contributed by atoms with Crippen molar-refractivity contribution < 1.29 is 9.90 Å². The highest BCUT2D eigenvalue weighted by Gasteiger charge is 2.28. The van der Waals surface area contributed by atoms with Crippen molar-refractivity contribution >= 4 is 34.0 Å². The molecule has 1 aliphatic carbocycles. The summed E-state index contributed by atoms with van der Waals surface area (Å²) in [5.74, 6) is 7.30. The van der Waals surface area contributed by atoms with Crippen LogP contribution in [0.1, 0.15) is 49.0 Å². The highest BCUT2D eigenvalue weighted by Crippen LogP contribution is 2.43. The second kappa shape index (κ2) is 6.27. The molecule has 0 saturated heterocycles. The maximum absolute atomic E-state index is 12.0. The highest BCUT2D eigenvalue weighted by molar-refractivity contribution is 7.99. The van der Waals surface area contributed by atoms with E-state index in [4.69, 9.17) is 0 Å². The van der Waals surface area contributed by atoms with Gasteiger partial charge in [0, 0.05) is 24.1 Å². The minimum atomic E-state index is -0.819. The Hall–Kier alpha value is -0.960. The van der Waals surface area contributed by atoms with Gasteiger partial charge >= 0.3 is 0 Å². The predicted octanol–water partition coefficient (Wildman–Crippen LogP) is 3.56. The van der Waals surface area contributed by atoms with Crippen molar-refractivity contribution in [3.8, 4) is 11.8 Å². The summed E-state index contributed by atoms with van der Waals surface area (Å²) in [5, 5.41) is 11.5. The number of amides is 1. The van der Waals surface area contributed by atoms with Crippen LogP contribution in [-0.4, -0.2) is 29.4 Å². The van der Waals surface area contributed by atoms with Crippen molar-refractivity contribution in [3.05, 3.63) is 10.4 Å². The smallest absolute Gasteiger partial charge is 0.228 e. The second-order valence-electron chi connectivity index (χ2n) is 6.08. The van der Waals surface area contributed by atoms with Crippen LogP contribution in [-0.2, 0) is 4.79 Å². The fourth-order valence-corrected chi connectivity index (χ4v) is 5.41. The zero-order valence-electron chi connectivity index (χ0n) is 13.1. The first-order valence-electron chi connectivity index (χ1n) is 7.78. The molecule has 22 heavy (non-hydrogen) atoms. The number of anilines is 1. The van der Waals surface area contributed by atoms with Crippen molar-refractivity contribution in [3.63, 3.8) is 0 Å². The number of carbonyl (C=O) groups is 1. The first-order chi connectivity index (χ1) is 10.5. The molecule has 0 radical (unpaired) electrons. The SMILES string of the molecule is Cc1c(C#CC2(O)CCCCC2)sc2c1SCCC(=O)N2C. The molecule has 0 aromatic carbocycles. The summed E-state index contributed by atoms with van der Waals surface area (Å²) in [6, 6.07) is 0. The molecule has 1 amide bonds. The van der Waals surface area contributed by atoms with Crippen LogP contribution in [0, 0.1) is 18.8 Å². The maximum atomic E-state index is 12.0. The van der Waals surface area contributed by atoms with Gasteiger partial charge in [-0.25, -0.2) is 0 Å². The fraction of sp³-hybridized carbons (Fsp3) is 0.588. The molecule has 118 valence electrons. The molecule has 3 rings (SSSR count). The van der Waals surface area contributed by atoms with Gasteiger partial charge in [0.25, 0.3) is 0 Å². The third-order valence-electron chi connectivity index (χ3n) is 4.40. The lowest BCUT2D eigenvalue weighted by atomic mass is 9.85. The molecule has 1 aliphatic heterocycles. The molecule has 1 saturated carbocycles. The zero-order valence-corrected chi connectivity index (χ0v) is 14.7. The molecule has 2 aliphatic rings. The van der Waals surface area contributed by atoms with E-state index >= 15 is 0 Å². The van der Waals surface area contributed by atoms with E-state index in [1.165, 1.54) is 11.3 Å². The second-order valence-corrected chi connectivity index (χ2v) is 8.19. The molecule has 1 N–H and O–H groups in total. The molecule has 0 atom stereocenters. The molecule has 3 nitrogen and oxygen atoms in total. The number of nitrogens with zero attached hydrogens (tertiary/aromatic N) is 1. The van der Waals surface area contributed by atoms with E-state index in [9.17, 15) is 9.90 Å². The zero-order chi connectivity index (χ0) is 15.7. The van der Waals surface area contributed by atoms with E-state index in [0.717, 1.165) is 46.9 Å². The topological polar surface area (TPSA) is 40.5 Å². The molecule has 1 fully saturated rings. The first-order valence-corrected chi connectivity index (χ1v) is 9.59. The lowest BCUT2D eigenvalue weighted by Crippen LogP contribution is -2.29. The van der Waals surface area contributed by atoms with Gasteiger partial charge < -0.3 is 10.0 Å². The number of thioether (sulfide) groups is 1. The highest BCUT2D eigenvalue weighted by atomic mass is 32.2. The summed E-state index contributed by atoms with van der Waals surface area (Å²) in [5.41, 5.74) is 0.333. The average molecular weight is 335 g/mol. The van der Waals surface area contributed by atoms with Gasteiger partial charge in [-0.2, -0.15) is 0 Å². The van der Waals surface area contributed by atoms with Gasteiger partial charge in [-0.1, -0.05) is 18.3 Å². The summed E-state index contributed by atoms with van der Waals surface area (Å²) in [6.07, 6.45) is 5.44. The Morgan fingerprint density at radius 2 is 2.00 bits per heavy atom. The molecular weight excluding hydrogens is 314 g/mol. The van der Waals surface area contributed by atoms with Crippen molar-refractivity contribution in [2.24, 2.45) is 0 Å². The van der Waals surface area contributed by atoms with Crippen LogP contribution in [0.5, 0.6) is 0 Å². The van der Waals surface area contributed by atoms with E-state index in [0.29, 0.717) is 6.42 Å². The number of rotatable bonds is 0. The summed E-state index contributed by atoms with van der Waals surface area (Å²) in [6.45, 7) is 2.07. The van der Waals surface area contributed by atoms with Gasteiger partial charge in [0.05, 0.1) is 4.88 Å². The van der Waals surface area contributed by atoms with Crippen LogP contribution in [0.3, 0.4) is 0 Å². The van der Waals surface area contributed by atoms with Crippen molar-refractivity contribution in [2.45, 2.75) is 55.9 Å². The van der Waals surface area contributed by atoms with E-state index in [1.807, 2.05) is 7.05 Å². The monoisotopic (exact) mass is 335 g/mol. The minimum Gasteiger partial charge on any atom is -0.378 e. The van der Waals surface area contributed by atoms with E-state index in [-0.39, 0.29) is 5.91 Å². The molecular formula is C17H21NO2S2. The quantitative estimate of drug-likeness (QED) is 0.737. The Morgan fingerprint density at radius 3 is 2.73 bits per heavy atom. The van der Waals surface area contributed by atoms with Crippen LogP contribution >= 0.6 is 23.1 Å². The lowest BCUT2D eigenvalue weighted by molar-refractivity contribution is -0.117. The Morgan fingerprint density at radius 1 is 1.27 bits per heavy atom. The van der Waals surface area contributed by atoms with Gasteiger partial charge in [0.15, 0.2) is 0 Å². The number of aliphatic hydroxyl groups is 1. The van der Waals surface area contributed by atoms with Crippen molar-refractivity contribution in [1.29, 1.82) is 0 Å². The summed E-state index contributed by atoms with van der Waals surface area (Å²) in [7, 11) is 1.84. The average Bonchev–Trinajstić information content (AvgIpc) is 2.74. The Labute approximate surface area is 140 Å². The number of carbonyl (C=O) groups excluding carboxylic acids is 1. The number of fused-ring (bicyclic) bond motifs is 1. The van der Waals surface area contributed by atoms with Crippen LogP contribution in [0.15, 0.2) is 4.90 Å². The van der Waals surface area contributed by atoms with Crippen LogP contribution in [0.4, 0.5) is 5.00 Å². The van der Waals surface area contributed by atoms with Gasteiger partial charge in [0.2, 0.25) is 5.91 Å². The maximum Gasteiger partial charge on any atom is 0.228 e. The first kappa shape index (κ1) is 15.9. The summed E-state index contributed by atoms with van der Waals surface area (Å²) < 4.78 is 0. The standard InChI is InChI=1S/C17H21NO2S2/c1-12-13(6-10-17(20)8-4-3-5-9-17)22-16-15(12)21-11-7-14(19)18(16)2/h20H,3-5,7-9,11H2,1-2H3. The summed E-state index contributed by atoms with van der Waals surface area (Å²) in [4.78, 5) is 15.9. The molecule has 2 heterocycles. The largest absolute Gasteiger partial charge is 0.378 e. The molecule has 0 unspecified atom stereocenters. The number of hydrogen-bond acceptors (Lipinski definition) is 4. The van der Waals surface area contributed by atoms with Crippen molar-refractivity contribution in [2.75, 3.05) is 17.7 Å². The molecule has 1 aromatic rings. The fourth-order valence-electron chi connectivity index (χ4n) is 2.95. The van der Waals surface area contributed by atoms with Gasteiger partial charge in [-0.15, -0.1) is 23.1 Å². The van der Waals surface area contributed by atoms with E-state index < -0.39 is 5.60 Å². The minimum absolute atomic E-state index is 0.165. The normalized spacial score (nSPS) is 20.9.